The summed E-state index contributed by atoms with van der Waals surface area (Å²) in [4.78, 5) is 6.26. The summed E-state index contributed by atoms with van der Waals surface area (Å²) >= 11 is 0. The van der Waals surface area contributed by atoms with Crippen molar-refractivity contribution in [3.63, 3.8) is 0 Å². The molecule has 1 fully saturated rings. The molecule has 1 aromatic carbocycles. The van der Waals surface area contributed by atoms with E-state index in [-0.39, 0.29) is 0 Å². The fourth-order valence-corrected chi connectivity index (χ4v) is 2.27. The van der Waals surface area contributed by atoms with Crippen LogP contribution in [0.3, 0.4) is 0 Å². The molecule has 2 aromatic rings. The molecular weight excluding hydrogens is 198 g/mol. The van der Waals surface area contributed by atoms with Gasteiger partial charge in [0.25, 0.3) is 0 Å². The summed E-state index contributed by atoms with van der Waals surface area (Å²) in [6.07, 6.45) is 5.66. The SMILES string of the molecule is N=C1CCCN1c1cccc2ccncc12. The first-order chi connectivity index (χ1) is 7.86. The lowest BCUT2D eigenvalue weighted by molar-refractivity contribution is 0.958. The van der Waals surface area contributed by atoms with Gasteiger partial charge in [0, 0.05) is 30.7 Å². The van der Waals surface area contributed by atoms with Gasteiger partial charge in [-0.1, -0.05) is 12.1 Å². The van der Waals surface area contributed by atoms with Gasteiger partial charge in [0.2, 0.25) is 0 Å². The van der Waals surface area contributed by atoms with Crippen molar-refractivity contribution < 1.29 is 0 Å². The number of fused-ring (bicyclic) bond motifs is 1. The van der Waals surface area contributed by atoms with Crippen LogP contribution in [-0.4, -0.2) is 17.4 Å². The van der Waals surface area contributed by atoms with Crippen LogP contribution in [-0.2, 0) is 0 Å². The lowest BCUT2D eigenvalue weighted by atomic mass is 10.1. The van der Waals surface area contributed by atoms with E-state index in [0.717, 1.165) is 36.3 Å². The quantitative estimate of drug-likeness (QED) is 0.787. The van der Waals surface area contributed by atoms with Gasteiger partial charge >= 0.3 is 0 Å². The zero-order valence-electron chi connectivity index (χ0n) is 8.98. The Bertz CT molecular complexity index is 542. The maximum absolute atomic E-state index is 7.92. The van der Waals surface area contributed by atoms with Gasteiger partial charge in [0.1, 0.15) is 5.84 Å². The average Bonchev–Trinajstić information content (AvgIpc) is 2.75. The second kappa shape index (κ2) is 3.59. The van der Waals surface area contributed by atoms with Crippen LogP contribution in [0.4, 0.5) is 5.69 Å². The van der Waals surface area contributed by atoms with E-state index in [1.165, 1.54) is 5.39 Å². The third kappa shape index (κ3) is 1.36. The molecular formula is C13H13N3. The predicted octanol–water partition coefficient (Wildman–Crippen LogP) is 2.81. The Balaban J connectivity index is 2.19. The molecule has 2 heterocycles. The van der Waals surface area contributed by atoms with Crippen LogP contribution in [0.25, 0.3) is 10.8 Å². The number of aromatic nitrogens is 1. The highest BCUT2D eigenvalue weighted by molar-refractivity contribution is 6.05. The molecule has 80 valence electrons. The van der Waals surface area contributed by atoms with Gasteiger partial charge in [-0.25, -0.2) is 0 Å². The molecule has 3 nitrogen and oxygen atoms in total. The van der Waals surface area contributed by atoms with Crippen LogP contribution < -0.4 is 4.90 Å². The van der Waals surface area contributed by atoms with Crippen molar-refractivity contribution in [2.24, 2.45) is 0 Å². The van der Waals surface area contributed by atoms with Crippen molar-refractivity contribution in [1.82, 2.24) is 4.98 Å². The smallest absolute Gasteiger partial charge is 0.100 e. The Morgan fingerprint density at radius 2 is 2.19 bits per heavy atom. The van der Waals surface area contributed by atoms with E-state index in [2.05, 4.69) is 22.0 Å². The van der Waals surface area contributed by atoms with Crippen LogP contribution in [0.5, 0.6) is 0 Å². The molecule has 0 radical (unpaired) electrons. The van der Waals surface area contributed by atoms with Crippen LogP contribution in [0.2, 0.25) is 0 Å². The summed E-state index contributed by atoms with van der Waals surface area (Å²) in [5.74, 6) is 0.719. The molecule has 1 aliphatic heterocycles. The molecule has 0 amide bonds. The summed E-state index contributed by atoms with van der Waals surface area (Å²) in [5, 5.41) is 10.2. The minimum absolute atomic E-state index is 0.719. The first kappa shape index (κ1) is 9.33. The molecule has 3 heteroatoms. The zero-order valence-corrected chi connectivity index (χ0v) is 8.98. The molecule has 3 rings (SSSR count). The van der Waals surface area contributed by atoms with Crippen molar-refractivity contribution in [3.8, 4) is 0 Å². The van der Waals surface area contributed by atoms with Crippen molar-refractivity contribution in [2.75, 3.05) is 11.4 Å². The van der Waals surface area contributed by atoms with Gasteiger partial charge in [0.15, 0.2) is 0 Å². The number of pyridine rings is 1. The third-order valence-electron chi connectivity index (χ3n) is 3.07. The Morgan fingerprint density at radius 1 is 1.25 bits per heavy atom. The number of benzene rings is 1. The average molecular weight is 211 g/mol. The fourth-order valence-electron chi connectivity index (χ4n) is 2.27. The first-order valence-corrected chi connectivity index (χ1v) is 5.54. The summed E-state index contributed by atoms with van der Waals surface area (Å²) in [7, 11) is 0. The highest BCUT2D eigenvalue weighted by Crippen LogP contribution is 2.29. The number of hydrogen-bond acceptors (Lipinski definition) is 2. The van der Waals surface area contributed by atoms with Crippen LogP contribution >= 0.6 is 0 Å². The summed E-state index contributed by atoms with van der Waals surface area (Å²) < 4.78 is 0. The normalized spacial score (nSPS) is 16.0. The Labute approximate surface area is 94.2 Å². The second-order valence-corrected chi connectivity index (χ2v) is 4.08. The first-order valence-electron chi connectivity index (χ1n) is 5.54. The molecule has 0 aliphatic carbocycles. The maximum atomic E-state index is 7.92. The third-order valence-corrected chi connectivity index (χ3v) is 3.07. The number of nitrogens with one attached hydrogen (secondary N) is 1. The van der Waals surface area contributed by atoms with Crippen LogP contribution in [0, 0.1) is 5.41 Å². The number of hydrogen-bond donors (Lipinski definition) is 1. The molecule has 0 atom stereocenters. The number of nitrogens with zero attached hydrogens (tertiary/aromatic N) is 2. The topological polar surface area (TPSA) is 40.0 Å². The van der Waals surface area contributed by atoms with E-state index in [1.54, 1.807) is 6.20 Å². The molecule has 1 N–H and O–H groups in total. The van der Waals surface area contributed by atoms with Gasteiger partial charge in [0.05, 0.1) is 5.69 Å². The number of anilines is 1. The van der Waals surface area contributed by atoms with Gasteiger partial charge in [-0.2, -0.15) is 0 Å². The monoisotopic (exact) mass is 211 g/mol. The molecule has 16 heavy (non-hydrogen) atoms. The summed E-state index contributed by atoms with van der Waals surface area (Å²) in [6.45, 7) is 0.951. The van der Waals surface area contributed by atoms with E-state index >= 15 is 0 Å². The minimum atomic E-state index is 0.719. The van der Waals surface area contributed by atoms with E-state index in [4.69, 9.17) is 5.41 Å². The minimum Gasteiger partial charge on any atom is -0.330 e. The second-order valence-electron chi connectivity index (χ2n) is 4.08. The molecule has 0 bridgehead atoms. The van der Waals surface area contributed by atoms with Crippen LogP contribution in [0.15, 0.2) is 36.7 Å². The lowest BCUT2D eigenvalue weighted by Gasteiger charge is -2.19. The standard InChI is InChI=1S/C13H13N3/c14-13-5-2-8-16(13)12-4-1-3-10-6-7-15-9-11(10)12/h1,3-4,6-7,9,14H,2,5,8H2. The van der Waals surface area contributed by atoms with Gasteiger partial charge in [-0.3, -0.25) is 10.4 Å². The van der Waals surface area contributed by atoms with Gasteiger partial charge in [-0.15, -0.1) is 0 Å². The fraction of sp³-hybridized carbons (Fsp3) is 0.231. The highest BCUT2D eigenvalue weighted by atomic mass is 15.2. The summed E-state index contributed by atoms with van der Waals surface area (Å²) in [6, 6.07) is 8.21. The van der Waals surface area contributed by atoms with E-state index in [1.807, 2.05) is 18.3 Å². The van der Waals surface area contributed by atoms with Crippen molar-refractivity contribution in [1.29, 1.82) is 5.41 Å². The maximum Gasteiger partial charge on any atom is 0.100 e. The zero-order chi connectivity index (χ0) is 11.0. The molecule has 1 aromatic heterocycles. The van der Waals surface area contributed by atoms with Crippen LogP contribution in [0.1, 0.15) is 12.8 Å². The van der Waals surface area contributed by atoms with E-state index in [9.17, 15) is 0 Å². The van der Waals surface area contributed by atoms with Gasteiger partial charge in [-0.05, 0) is 23.9 Å². The van der Waals surface area contributed by atoms with Crippen molar-refractivity contribution in [3.05, 3.63) is 36.7 Å². The molecule has 0 spiro atoms. The number of rotatable bonds is 1. The Hall–Kier alpha value is -1.90. The predicted molar refractivity (Wildman–Crippen MR) is 66.0 cm³/mol. The molecule has 1 saturated heterocycles. The van der Waals surface area contributed by atoms with E-state index < -0.39 is 0 Å². The highest BCUT2D eigenvalue weighted by Gasteiger charge is 2.19. The van der Waals surface area contributed by atoms with E-state index in [0.29, 0.717) is 0 Å². The summed E-state index contributed by atoms with van der Waals surface area (Å²) in [5.41, 5.74) is 1.12. The number of amidine groups is 1. The molecule has 0 unspecified atom stereocenters. The van der Waals surface area contributed by atoms with Crippen molar-refractivity contribution in [2.45, 2.75) is 12.8 Å². The Kier molecular flexibility index (Phi) is 2.10. The van der Waals surface area contributed by atoms with Crippen molar-refractivity contribution >= 4 is 22.3 Å². The molecule has 1 aliphatic rings. The largest absolute Gasteiger partial charge is 0.330 e. The lowest BCUT2D eigenvalue weighted by Crippen LogP contribution is -2.23. The molecule has 0 saturated carbocycles. The Morgan fingerprint density at radius 3 is 3.00 bits per heavy atom. The van der Waals surface area contributed by atoms with Gasteiger partial charge < -0.3 is 4.90 Å².